The second-order valence-electron chi connectivity index (χ2n) is 3.52. The lowest BCUT2D eigenvalue weighted by molar-refractivity contribution is 0.581. The molecule has 6 nitrogen and oxygen atoms in total. The van der Waals surface area contributed by atoms with E-state index in [1.165, 1.54) is 12.4 Å². The van der Waals surface area contributed by atoms with Crippen molar-refractivity contribution in [1.29, 1.82) is 0 Å². The number of hydrogen-bond donors (Lipinski definition) is 0. The van der Waals surface area contributed by atoms with Crippen LogP contribution in [-0.4, -0.2) is 33.3 Å². The number of rotatable bonds is 3. The summed E-state index contributed by atoms with van der Waals surface area (Å²) in [7, 11) is -3.35. The first-order chi connectivity index (χ1) is 8.03. The Kier molecular flexibility index (Phi) is 2.93. The molecule has 0 aliphatic carbocycles. The van der Waals surface area contributed by atoms with Crippen molar-refractivity contribution >= 4 is 10.0 Å². The third-order valence-electron chi connectivity index (χ3n) is 2.26. The fourth-order valence-electron chi connectivity index (χ4n) is 1.29. The number of aromatic nitrogens is 4. The number of aryl methyl sites for hydroxylation is 1. The maximum absolute atomic E-state index is 11.6. The molecule has 0 fully saturated rings. The van der Waals surface area contributed by atoms with Crippen molar-refractivity contribution in [3.8, 4) is 11.4 Å². The van der Waals surface area contributed by atoms with Crippen molar-refractivity contribution in [3.05, 3.63) is 30.4 Å². The van der Waals surface area contributed by atoms with Crippen molar-refractivity contribution in [3.63, 3.8) is 0 Å². The molecule has 7 heteroatoms. The van der Waals surface area contributed by atoms with Gasteiger partial charge in [0.15, 0.2) is 5.82 Å². The predicted octanol–water partition coefficient (Wildman–Crippen LogP) is 0.846. The third kappa shape index (κ3) is 2.33. The maximum atomic E-state index is 11.6. The summed E-state index contributed by atoms with van der Waals surface area (Å²) in [5.74, 6) is 0.477. The molecule has 0 aliphatic heterocycles. The Balaban J connectivity index is 2.43. The molecule has 0 aliphatic rings. The number of nitrogens with zero attached hydrogens (tertiary/aromatic N) is 4. The summed E-state index contributed by atoms with van der Waals surface area (Å²) in [6, 6.07) is 1.77. The summed E-state index contributed by atoms with van der Waals surface area (Å²) in [6.45, 7) is 3.41. The zero-order valence-electron chi connectivity index (χ0n) is 9.53. The average molecular weight is 252 g/mol. The lowest BCUT2D eigenvalue weighted by Gasteiger charge is -1.99. The van der Waals surface area contributed by atoms with Gasteiger partial charge in [0.05, 0.1) is 23.7 Å². The van der Waals surface area contributed by atoms with E-state index in [1.54, 1.807) is 19.2 Å². The van der Waals surface area contributed by atoms with Gasteiger partial charge in [0.1, 0.15) is 0 Å². The zero-order chi connectivity index (χ0) is 12.5. The molecule has 0 radical (unpaired) electrons. The van der Waals surface area contributed by atoms with Crippen LogP contribution in [-0.2, 0) is 10.0 Å². The molecule has 0 amide bonds. The lowest BCUT2D eigenvalue weighted by atomic mass is 10.3. The largest absolute Gasteiger partial charge is 0.253 e. The molecule has 17 heavy (non-hydrogen) atoms. The molecular weight excluding hydrogens is 240 g/mol. The first-order valence-corrected chi connectivity index (χ1v) is 6.72. The van der Waals surface area contributed by atoms with Gasteiger partial charge in [-0.1, -0.05) is 0 Å². The van der Waals surface area contributed by atoms with E-state index in [0.717, 1.165) is 9.78 Å². The second-order valence-corrected chi connectivity index (χ2v) is 5.64. The van der Waals surface area contributed by atoms with Crippen LogP contribution in [0.1, 0.15) is 12.6 Å². The van der Waals surface area contributed by atoms with Gasteiger partial charge in [0.2, 0.25) is 0 Å². The molecule has 2 aromatic rings. The summed E-state index contributed by atoms with van der Waals surface area (Å²) in [6.07, 6.45) is 4.50. The van der Waals surface area contributed by atoms with Gasteiger partial charge >= 0.3 is 0 Å². The summed E-state index contributed by atoms with van der Waals surface area (Å²) >= 11 is 0. The first-order valence-electron chi connectivity index (χ1n) is 5.11. The van der Waals surface area contributed by atoms with E-state index in [-0.39, 0.29) is 5.75 Å². The van der Waals surface area contributed by atoms with E-state index in [4.69, 9.17) is 0 Å². The topological polar surface area (TPSA) is 77.7 Å². The summed E-state index contributed by atoms with van der Waals surface area (Å²) in [5.41, 5.74) is 1.41. The fraction of sp³-hybridized carbons (Fsp3) is 0.300. The molecule has 2 heterocycles. The summed E-state index contributed by atoms with van der Waals surface area (Å²) in [4.78, 5) is 8.28. The molecule has 0 aromatic carbocycles. The monoisotopic (exact) mass is 252 g/mol. The van der Waals surface area contributed by atoms with Crippen LogP contribution in [0.3, 0.4) is 0 Å². The van der Waals surface area contributed by atoms with Crippen molar-refractivity contribution in [2.45, 2.75) is 13.8 Å². The molecule has 0 spiro atoms. The smallest absolute Gasteiger partial charge is 0.236 e. The van der Waals surface area contributed by atoms with Crippen LogP contribution in [0.2, 0.25) is 0 Å². The maximum Gasteiger partial charge on any atom is 0.253 e. The Labute approximate surface area is 99.4 Å². The molecular formula is C10H12N4O2S. The lowest BCUT2D eigenvalue weighted by Crippen LogP contribution is -2.14. The fourth-order valence-corrected chi connectivity index (χ4v) is 2.02. The van der Waals surface area contributed by atoms with Gasteiger partial charge in [-0.15, -0.1) is 0 Å². The van der Waals surface area contributed by atoms with E-state index < -0.39 is 10.0 Å². The summed E-state index contributed by atoms with van der Waals surface area (Å²) in [5, 5.41) is 3.81. The molecule has 0 bridgehead atoms. The van der Waals surface area contributed by atoms with Crippen molar-refractivity contribution in [1.82, 2.24) is 19.2 Å². The predicted molar refractivity (Wildman–Crippen MR) is 62.8 cm³/mol. The van der Waals surface area contributed by atoms with Crippen molar-refractivity contribution in [2.75, 3.05) is 5.75 Å². The van der Waals surface area contributed by atoms with E-state index >= 15 is 0 Å². The highest BCUT2D eigenvalue weighted by Gasteiger charge is 2.13. The summed E-state index contributed by atoms with van der Waals surface area (Å²) < 4.78 is 24.1. The van der Waals surface area contributed by atoms with E-state index in [9.17, 15) is 8.42 Å². The molecule has 2 aromatic heterocycles. The normalized spacial score (nSPS) is 11.6. The third-order valence-corrected chi connectivity index (χ3v) is 3.76. The van der Waals surface area contributed by atoms with Crippen molar-refractivity contribution < 1.29 is 8.42 Å². The zero-order valence-corrected chi connectivity index (χ0v) is 10.3. The van der Waals surface area contributed by atoms with Gasteiger partial charge < -0.3 is 0 Å². The minimum Gasteiger partial charge on any atom is -0.236 e. The Morgan fingerprint density at radius 3 is 2.82 bits per heavy atom. The standard InChI is InChI=1S/C10H12N4O2S/c1-3-17(15,16)14-7-9(6-12-14)10-11-5-4-8(2)13-10/h4-7H,3H2,1-2H3. The quantitative estimate of drug-likeness (QED) is 0.809. The van der Waals surface area contributed by atoms with Gasteiger partial charge in [-0.05, 0) is 19.9 Å². The SMILES string of the molecule is CCS(=O)(=O)n1cc(-c2nccc(C)n2)cn1. The highest BCUT2D eigenvalue weighted by molar-refractivity contribution is 7.89. The van der Waals surface area contributed by atoms with Crippen LogP contribution in [0.5, 0.6) is 0 Å². The molecule has 2 rings (SSSR count). The van der Waals surface area contributed by atoms with E-state index in [1.807, 2.05) is 6.92 Å². The number of hydrogen-bond acceptors (Lipinski definition) is 5. The van der Waals surface area contributed by atoms with Crippen LogP contribution in [0.15, 0.2) is 24.7 Å². The highest BCUT2D eigenvalue weighted by Crippen LogP contribution is 2.14. The molecule has 0 saturated heterocycles. The van der Waals surface area contributed by atoms with Crippen LogP contribution in [0.4, 0.5) is 0 Å². The Morgan fingerprint density at radius 2 is 2.18 bits per heavy atom. The minimum absolute atomic E-state index is 0.00277. The van der Waals surface area contributed by atoms with E-state index in [0.29, 0.717) is 11.4 Å². The molecule has 0 unspecified atom stereocenters. The van der Waals surface area contributed by atoms with Gasteiger partial charge in [-0.2, -0.15) is 9.19 Å². The van der Waals surface area contributed by atoms with Gasteiger partial charge in [0, 0.05) is 11.9 Å². The van der Waals surface area contributed by atoms with Gasteiger partial charge in [-0.3, -0.25) is 0 Å². The molecule has 0 atom stereocenters. The van der Waals surface area contributed by atoms with Crippen LogP contribution >= 0.6 is 0 Å². The Morgan fingerprint density at radius 1 is 1.41 bits per heavy atom. The van der Waals surface area contributed by atoms with E-state index in [2.05, 4.69) is 15.1 Å². The first kappa shape index (κ1) is 11.7. The average Bonchev–Trinajstić information content (AvgIpc) is 2.79. The van der Waals surface area contributed by atoms with Gasteiger partial charge in [0.25, 0.3) is 10.0 Å². The van der Waals surface area contributed by atoms with Crippen LogP contribution in [0.25, 0.3) is 11.4 Å². The Hall–Kier alpha value is -1.76. The molecule has 0 N–H and O–H groups in total. The van der Waals surface area contributed by atoms with Crippen molar-refractivity contribution in [2.24, 2.45) is 0 Å². The van der Waals surface area contributed by atoms with Crippen LogP contribution < -0.4 is 0 Å². The Bertz CT molecular complexity index is 633. The highest BCUT2D eigenvalue weighted by atomic mass is 32.2. The molecule has 0 saturated carbocycles. The van der Waals surface area contributed by atoms with Gasteiger partial charge in [-0.25, -0.2) is 18.4 Å². The van der Waals surface area contributed by atoms with Crippen LogP contribution in [0, 0.1) is 6.92 Å². The minimum atomic E-state index is -3.35. The molecule has 90 valence electrons. The second kappa shape index (κ2) is 4.25.